The zero-order valence-corrected chi connectivity index (χ0v) is 16.1. The summed E-state index contributed by atoms with van der Waals surface area (Å²) in [5, 5.41) is 3.01. The number of hydrogen-bond donors (Lipinski definition) is 1. The summed E-state index contributed by atoms with van der Waals surface area (Å²) in [7, 11) is 2.16. The van der Waals surface area contributed by atoms with E-state index in [0.29, 0.717) is 5.56 Å². The van der Waals surface area contributed by atoms with Crippen LogP contribution in [-0.2, 0) is 0 Å². The van der Waals surface area contributed by atoms with Gasteiger partial charge in [-0.2, -0.15) is 0 Å². The molecule has 0 atom stereocenters. The van der Waals surface area contributed by atoms with Gasteiger partial charge in [0.15, 0.2) is 0 Å². The summed E-state index contributed by atoms with van der Waals surface area (Å²) in [6.07, 6.45) is 0. The largest absolute Gasteiger partial charge is 0.369 e. The number of amides is 1. The lowest BCUT2D eigenvalue weighted by Gasteiger charge is -2.34. The van der Waals surface area contributed by atoms with Crippen molar-refractivity contribution < 1.29 is 4.79 Å². The van der Waals surface area contributed by atoms with Gasteiger partial charge in [0.1, 0.15) is 0 Å². The Morgan fingerprint density at radius 3 is 2.18 bits per heavy atom. The van der Waals surface area contributed by atoms with Crippen molar-refractivity contribution in [3.8, 4) is 11.1 Å². The topological polar surface area (TPSA) is 35.6 Å². The molecule has 4 nitrogen and oxygen atoms in total. The Morgan fingerprint density at radius 1 is 0.786 bits per heavy atom. The van der Waals surface area contributed by atoms with Gasteiger partial charge in [-0.15, -0.1) is 0 Å². The summed E-state index contributed by atoms with van der Waals surface area (Å²) in [5.41, 5.74) is 4.82. The van der Waals surface area contributed by atoms with Crippen molar-refractivity contribution in [2.75, 3.05) is 43.4 Å². The lowest BCUT2D eigenvalue weighted by molar-refractivity contribution is 0.102. The highest BCUT2D eigenvalue weighted by Crippen LogP contribution is 2.22. The standard InChI is InChI=1S/C24H25N3O/c1-26-14-16-27(17-15-26)23-12-10-22(11-13-23)25-24(28)21-9-5-8-20(18-21)19-6-3-2-4-7-19/h2-13,18H,14-17H2,1H3,(H,25,28). The number of carbonyl (C=O) groups excluding carboxylic acids is 1. The molecular weight excluding hydrogens is 346 g/mol. The number of carbonyl (C=O) groups is 1. The van der Waals surface area contributed by atoms with Crippen LogP contribution in [0.2, 0.25) is 0 Å². The molecule has 4 heteroatoms. The fourth-order valence-corrected chi connectivity index (χ4v) is 3.49. The molecule has 3 aromatic carbocycles. The first-order valence-corrected chi connectivity index (χ1v) is 9.69. The van der Waals surface area contributed by atoms with E-state index in [9.17, 15) is 4.79 Å². The minimum Gasteiger partial charge on any atom is -0.369 e. The third-order valence-corrected chi connectivity index (χ3v) is 5.23. The Balaban J connectivity index is 1.44. The lowest BCUT2D eigenvalue weighted by Crippen LogP contribution is -2.44. The quantitative estimate of drug-likeness (QED) is 0.740. The molecule has 1 heterocycles. The van der Waals surface area contributed by atoms with Gasteiger partial charge < -0.3 is 15.1 Å². The van der Waals surface area contributed by atoms with Gasteiger partial charge in [0.05, 0.1) is 0 Å². The van der Waals surface area contributed by atoms with Gasteiger partial charge in [-0.3, -0.25) is 4.79 Å². The number of benzene rings is 3. The van der Waals surface area contributed by atoms with E-state index in [0.717, 1.165) is 43.0 Å². The highest BCUT2D eigenvalue weighted by molar-refractivity contribution is 6.05. The van der Waals surface area contributed by atoms with Crippen molar-refractivity contribution in [1.29, 1.82) is 0 Å². The van der Waals surface area contributed by atoms with Crippen LogP contribution in [0.25, 0.3) is 11.1 Å². The molecule has 0 saturated carbocycles. The minimum absolute atomic E-state index is 0.0925. The molecule has 0 aliphatic carbocycles. The molecule has 0 aromatic heterocycles. The van der Waals surface area contributed by atoms with Crippen molar-refractivity contribution >= 4 is 17.3 Å². The maximum Gasteiger partial charge on any atom is 0.255 e. The molecule has 4 rings (SSSR count). The molecule has 1 aliphatic rings. The monoisotopic (exact) mass is 371 g/mol. The summed E-state index contributed by atoms with van der Waals surface area (Å²) < 4.78 is 0. The second-order valence-corrected chi connectivity index (χ2v) is 7.24. The van der Waals surface area contributed by atoms with Gasteiger partial charge in [0.2, 0.25) is 0 Å². The first-order chi connectivity index (χ1) is 13.7. The number of anilines is 2. The molecule has 1 fully saturated rings. The molecule has 1 aliphatic heterocycles. The number of likely N-dealkylation sites (N-methyl/N-ethyl adjacent to an activating group) is 1. The zero-order valence-electron chi connectivity index (χ0n) is 16.1. The Labute approximate surface area is 166 Å². The fraction of sp³-hybridized carbons (Fsp3) is 0.208. The summed E-state index contributed by atoms with van der Waals surface area (Å²) in [6.45, 7) is 4.23. The molecule has 28 heavy (non-hydrogen) atoms. The lowest BCUT2D eigenvalue weighted by atomic mass is 10.0. The van der Waals surface area contributed by atoms with Crippen LogP contribution in [0.1, 0.15) is 10.4 Å². The van der Waals surface area contributed by atoms with Crippen LogP contribution in [0, 0.1) is 0 Å². The summed E-state index contributed by atoms with van der Waals surface area (Å²) in [5.74, 6) is -0.0925. The van der Waals surface area contributed by atoms with Crippen LogP contribution in [0.15, 0.2) is 78.9 Å². The molecule has 0 spiro atoms. The molecule has 0 radical (unpaired) electrons. The van der Waals surface area contributed by atoms with Gasteiger partial charge in [-0.1, -0.05) is 42.5 Å². The number of rotatable bonds is 4. The van der Waals surface area contributed by atoms with Crippen LogP contribution in [0.4, 0.5) is 11.4 Å². The van der Waals surface area contributed by atoms with Crippen molar-refractivity contribution in [2.45, 2.75) is 0 Å². The van der Waals surface area contributed by atoms with Crippen molar-refractivity contribution in [2.24, 2.45) is 0 Å². The normalized spacial score (nSPS) is 14.7. The van der Waals surface area contributed by atoms with Crippen LogP contribution in [0.3, 0.4) is 0 Å². The van der Waals surface area contributed by atoms with Gasteiger partial charge in [-0.05, 0) is 54.6 Å². The van der Waals surface area contributed by atoms with Gasteiger partial charge in [0.25, 0.3) is 5.91 Å². The summed E-state index contributed by atoms with van der Waals surface area (Å²) >= 11 is 0. The van der Waals surface area contributed by atoms with E-state index in [1.165, 1.54) is 5.69 Å². The third-order valence-electron chi connectivity index (χ3n) is 5.23. The van der Waals surface area contributed by atoms with Crippen LogP contribution in [0.5, 0.6) is 0 Å². The maximum absolute atomic E-state index is 12.7. The zero-order chi connectivity index (χ0) is 19.3. The number of piperazine rings is 1. The second kappa shape index (κ2) is 8.28. The van der Waals surface area contributed by atoms with Crippen LogP contribution in [-0.4, -0.2) is 44.0 Å². The van der Waals surface area contributed by atoms with E-state index in [4.69, 9.17) is 0 Å². The summed E-state index contributed by atoms with van der Waals surface area (Å²) in [6, 6.07) is 26.0. The highest BCUT2D eigenvalue weighted by Gasteiger charge is 2.14. The first kappa shape index (κ1) is 18.3. The highest BCUT2D eigenvalue weighted by atomic mass is 16.1. The third kappa shape index (κ3) is 4.24. The van der Waals surface area contributed by atoms with Crippen LogP contribution < -0.4 is 10.2 Å². The van der Waals surface area contributed by atoms with E-state index in [-0.39, 0.29) is 5.91 Å². The molecule has 0 unspecified atom stereocenters. The van der Waals surface area contributed by atoms with Crippen molar-refractivity contribution in [1.82, 2.24) is 4.90 Å². The van der Waals surface area contributed by atoms with Crippen molar-refractivity contribution in [3.63, 3.8) is 0 Å². The fourth-order valence-electron chi connectivity index (χ4n) is 3.49. The Kier molecular flexibility index (Phi) is 5.40. The first-order valence-electron chi connectivity index (χ1n) is 9.69. The van der Waals surface area contributed by atoms with E-state index in [2.05, 4.69) is 34.3 Å². The van der Waals surface area contributed by atoms with Gasteiger partial charge in [-0.25, -0.2) is 0 Å². The molecule has 1 N–H and O–H groups in total. The second-order valence-electron chi connectivity index (χ2n) is 7.24. The maximum atomic E-state index is 12.7. The van der Waals surface area contributed by atoms with Gasteiger partial charge in [0, 0.05) is 43.1 Å². The average Bonchev–Trinajstić information content (AvgIpc) is 2.76. The Bertz CT molecular complexity index is 930. The smallest absolute Gasteiger partial charge is 0.255 e. The summed E-state index contributed by atoms with van der Waals surface area (Å²) in [4.78, 5) is 17.4. The molecule has 1 saturated heterocycles. The molecule has 1 amide bonds. The van der Waals surface area contributed by atoms with E-state index in [1.807, 2.05) is 66.7 Å². The number of nitrogens with one attached hydrogen (secondary N) is 1. The van der Waals surface area contributed by atoms with E-state index < -0.39 is 0 Å². The average molecular weight is 371 g/mol. The predicted octanol–water partition coefficient (Wildman–Crippen LogP) is 4.36. The molecule has 142 valence electrons. The van der Waals surface area contributed by atoms with Crippen molar-refractivity contribution in [3.05, 3.63) is 84.4 Å². The van der Waals surface area contributed by atoms with E-state index >= 15 is 0 Å². The van der Waals surface area contributed by atoms with Gasteiger partial charge >= 0.3 is 0 Å². The molecular formula is C24H25N3O. The molecule has 3 aromatic rings. The minimum atomic E-state index is -0.0925. The molecule has 0 bridgehead atoms. The Hall–Kier alpha value is -3.11. The number of hydrogen-bond acceptors (Lipinski definition) is 3. The SMILES string of the molecule is CN1CCN(c2ccc(NC(=O)c3cccc(-c4ccccc4)c3)cc2)CC1. The van der Waals surface area contributed by atoms with Crippen LogP contribution >= 0.6 is 0 Å². The van der Waals surface area contributed by atoms with E-state index in [1.54, 1.807) is 0 Å². The number of nitrogens with zero attached hydrogens (tertiary/aromatic N) is 2. The Morgan fingerprint density at radius 2 is 1.46 bits per heavy atom. The predicted molar refractivity (Wildman–Crippen MR) is 116 cm³/mol.